The summed E-state index contributed by atoms with van der Waals surface area (Å²) in [7, 11) is -1.70. The van der Waals surface area contributed by atoms with Gasteiger partial charge >= 0.3 is 0 Å². The Morgan fingerprint density at radius 2 is 2.03 bits per heavy atom. The van der Waals surface area contributed by atoms with Crippen LogP contribution in [-0.2, 0) is 21.4 Å². The second-order valence-electron chi connectivity index (χ2n) is 7.61. The molecule has 170 valence electrons. The van der Waals surface area contributed by atoms with Crippen LogP contribution in [0, 0.1) is 5.92 Å². The Bertz CT molecular complexity index is 1230. The maximum Gasteiger partial charge on any atom is 0.232 e. The first-order valence-corrected chi connectivity index (χ1v) is 13.1. The number of ether oxygens (including phenoxy) is 1. The Morgan fingerprint density at radius 1 is 1.28 bits per heavy atom. The zero-order valence-corrected chi connectivity index (χ0v) is 20.1. The van der Waals surface area contributed by atoms with Crippen LogP contribution in [-0.4, -0.2) is 55.1 Å². The highest BCUT2D eigenvalue weighted by Crippen LogP contribution is 2.39. The number of sulfonamides is 1. The van der Waals surface area contributed by atoms with Crippen LogP contribution in [0.1, 0.15) is 18.5 Å². The Morgan fingerprint density at radius 3 is 2.66 bits per heavy atom. The van der Waals surface area contributed by atoms with E-state index in [1.165, 1.54) is 21.9 Å². The van der Waals surface area contributed by atoms with Crippen molar-refractivity contribution in [2.45, 2.75) is 19.4 Å². The predicted molar refractivity (Wildman–Crippen MR) is 126 cm³/mol. The average molecular weight is 495 g/mol. The van der Waals surface area contributed by atoms with Crippen LogP contribution >= 0.6 is 22.9 Å². The third kappa shape index (κ3) is 4.73. The zero-order valence-electron chi connectivity index (χ0n) is 17.7. The van der Waals surface area contributed by atoms with Gasteiger partial charge in [-0.1, -0.05) is 29.0 Å². The van der Waals surface area contributed by atoms with Gasteiger partial charge < -0.3 is 4.74 Å². The molecule has 1 aliphatic rings. The SMILES string of the molecule is COc1ccc(Cl)c2sc(N(Cc3ccccn3)C(=O)C3CCN(S(C)(=O)=O)CC3)nc12. The smallest absolute Gasteiger partial charge is 0.232 e. The molecule has 0 aliphatic carbocycles. The zero-order chi connectivity index (χ0) is 22.9. The van der Waals surface area contributed by atoms with E-state index >= 15 is 0 Å². The number of halogens is 1. The monoisotopic (exact) mass is 494 g/mol. The second kappa shape index (κ2) is 9.30. The standard InChI is InChI=1S/C21H23ClN4O4S2/c1-30-17-7-6-16(22)19-18(17)24-21(31-19)26(13-15-5-3-4-10-23-15)20(27)14-8-11-25(12-9-14)32(2,28)29/h3-7,10,14H,8-9,11-13H2,1-2H3. The number of piperidine rings is 1. The summed E-state index contributed by atoms with van der Waals surface area (Å²) >= 11 is 7.71. The first kappa shape index (κ1) is 22.9. The number of nitrogens with zero attached hydrogens (tertiary/aromatic N) is 4. The number of amides is 1. The minimum atomic E-state index is -3.27. The molecule has 1 aliphatic heterocycles. The Balaban J connectivity index is 1.68. The van der Waals surface area contributed by atoms with Crippen LogP contribution in [0.3, 0.4) is 0 Å². The largest absolute Gasteiger partial charge is 0.494 e. The predicted octanol–water partition coefficient (Wildman–Crippen LogP) is 3.56. The van der Waals surface area contributed by atoms with E-state index in [-0.39, 0.29) is 18.4 Å². The number of carbonyl (C=O) groups is 1. The maximum absolute atomic E-state index is 13.6. The van der Waals surface area contributed by atoms with Crippen molar-refractivity contribution in [3.8, 4) is 5.75 Å². The molecule has 1 amide bonds. The van der Waals surface area contributed by atoms with Gasteiger partial charge in [-0.25, -0.2) is 17.7 Å². The summed E-state index contributed by atoms with van der Waals surface area (Å²) in [5.74, 6) is 0.178. The van der Waals surface area contributed by atoms with Crippen molar-refractivity contribution in [2.24, 2.45) is 5.92 Å². The molecule has 0 saturated carbocycles. The van der Waals surface area contributed by atoms with Crippen molar-refractivity contribution in [3.05, 3.63) is 47.2 Å². The number of anilines is 1. The number of hydrogen-bond donors (Lipinski definition) is 0. The third-order valence-corrected chi connectivity index (χ3v) is 8.32. The number of fused-ring (bicyclic) bond motifs is 1. The van der Waals surface area contributed by atoms with Gasteiger partial charge in [0.05, 0.1) is 35.3 Å². The Labute approximate surface area is 195 Å². The summed E-state index contributed by atoms with van der Waals surface area (Å²) < 4.78 is 31.3. The van der Waals surface area contributed by atoms with Crippen LogP contribution in [0.2, 0.25) is 5.02 Å². The number of methoxy groups -OCH3 is 1. The molecule has 0 atom stereocenters. The highest BCUT2D eigenvalue weighted by atomic mass is 35.5. The molecule has 3 aromatic rings. The van der Waals surface area contributed by atoms with Gasteiger partial charge in [0, 0.05) is 25.2 Å². The van der Waals surface area contributed by atoms with Crippen molar-refractivity contribution in [2.75, 3.05) is 31.4 Å². The van der Waals surface area contributed by atoms with Gasteiger partial charge in [0.2, 0.25) is 15.9 Å². The van der Waals surface area contributed by atoms with Gasteiger partial charge in [0.15, 0.2) is 5.13 Å². The lowest BCUT2D eigenvalue weighted by molar-refractivity contribution is -0.123. The molecular formula is C21H23ClN4O4S2. The van der Waals surface area contributed by atoms with E-state index in [1.54, 1.807) is 30.3 Å². The highest BCUT2D eigenvalue weighted by molar-refractivity contribution is 7.88. The first-order valence-electron chi connectivity index (χ1n) is 10.1. The van der Waals surface area contributed by atoms with Crippen LogP contribution < -0.4 is 9.64 Å². The molecule has 0 unspecified atom stereocenters. The molecular weight excluding hydrogens is 472 g/mol. The van der Waals surface area contributed by atoms with E-state index in [4.69, 9.17) is 21.3 Å². The van der Waals surface area contributed by atoms with Gasteiger partial charge in [-0.15, -0.1) is 0 Å². The van der Waals surface area contributed by atoms with Gasteiger partial charge in [-0.2, -0.15) is 0 Å². The number of hydrogen-bond acceptors (Lipinski definition) is 7. The van der Waals surface area contributed by atoms with E-state index in [2.05, 4.69) is 4.98 Å². The topological polar surface area (TPSA) is 92.7 Å². The van der Waals surface area contributed by atoms with E-state index in [9.17, 15) is 13.2 Å². The number of rotatable bonds is 6. The Hall–Kier alpha value is -2.27. The number of benzene rings is 1. The lowest BCUT2D eigenvalue weighted by Gasteiger charge is -2.32. The van der Waals surface area contributed by atoms with E-state index in [0.717, 1.165) is 10.4 Å². The van der Waals surface area contributed by atoms with Crippen molar-refractivity contribution >= 4 is 54.2 Å². The third-order valence-electron chi connectivity index (χ3n) is 5.48. The molecule has 1 saturated heterocycles. The number of thiazole rings is 1. The van der Waals surface area contributed by atoms with Crippen molar-refractivity contribution in [3.63, 3.8) is 0 Å². The number of pyridine rings is 1. The maximum atomic E-state index is 13.6. The first-order chi connectivity index (χ1) is 15.3. The van der Waals surface area contributed by atoms with Crippen LogP contribution in [0.25, 0.3) is 10.2 Å². The van der Waals surface area contributed by atoms with Gasteiger partial charge in [0.25, 0.3) is 0 Å². The summed E-state index contributed by atoms with van der Waals surface area (Å²) in [6, 6.07) is 9.04. The molecule has 0 spiro atoms. The fourth-order valence-electron chi connectivity index (χ4n) is 3.77. The van der Waals surface area contributed by atoms with Gasteiger partial charge in [-0.3, -0.25) is 14.7 Å². The van der Waals surface area contributed by atoms with Crippen LogP contribution in [0.4, 0.5) is 5.13 Å². The summed E-state index contributed by atoms with van der Waals surface area (Å²) in [6.45, 7) is 0.907. The fraction of sp³-hybridized carbons (Fsp3) is 0.381. The lowest BCUT2D eigenvalue weighted by atomic mass is 9.96. The van der Waals surface area contributed by atoms with Crippen molar-refractivity contribution in [1.82, 2.24) is 14.3 Å². The molecule has 0 radical (unpaired) electrons. The minimum Gasteiger partial charge on any atom is -0.494 e. The Kier molecular flexibility index (Phi) is 6.66. The molecule has 11 heteroatoms. The molecule has 3 heterocycles. The van der Waals surface area contributed by atoms with Gasteiger partial charge in [-0.05, 0) is 37.1 Å². The van der Waals surface area contributed by atoms with Crippen LogP contribution in [0.5, 0.6) is 5.75 Å². The minimum absolute atomic E-state index is 0.0991. The van der Waals surface area contributed by atoms with Crippen molar-refractivity contribution < 1.29 is 17.9 Å². The average Bonchev–Trinajstić information content (AvgIpc) is 3.24. The second-order valence-corrected chi connectivity index (χ2v) is 11.0. The van der Waals surface area contributed by atoms with Crippen LogP contribution in [0.15, 0.2) is 36.5 Å². The van der Waals surface area contributed by atoms with E-state index < -0.39 is 10.0 Å². The van der Waals surface area contributed by atoms with Gasteiger partial charge in [0.1, 0.15) is 11.3 Å². The quantitative estimate of drug-likeness (QED) is 0.520. The summed E-state index contributed by atoms with van der Waals surface area (Å²) in [6.07, 6.45) is 3.79. The molecule has 2 aromatic heterocycles. The lowest BCUT2D eigenvalue weighted by Crippen LogP contribution is -2.44. The summed E-state index contributed by atoms with van der Waals surface area (Å²) in [4.78, 5) is 24.3. The van der Waals surface area contributed by atoms with E-state index in [1.807, 2.05) is 18.2 Å². The molecule has 8 nitrogen and oxygen atoms in total. The summed E-state index contributed by atoms with van der Waals surface area (Å²) in [5.41, 5.74) is 1.33. The normalized spacial score (nSPS) is 15.7. The molecule has 1 fully saturated rings. The molecule has 1 aromatic carbocycles. The molecule has 0 bridgehead atoms. The number of carbonyl (C=O) groups excluding carboxylic acids is 1. The van der Waals surface area contributed by atoms with Crippen molar-refractivity contribution in [1.29, 1.82) is 0 Å². The molecule has 4 rings (SSSR count). The molecule has 32 heavy (non-hydrogen) atoms. The number of aromatic nitrogens is 2. The molecule has 0 N–H and O–H groups in total. The fourth-order valence-corrected chi connectivity index (χ4v) is 5.90. The summed E-state index contributed by atoms with van der Waals surface area (Å²) in [5, 5.41) is 1.05. The van der Waals surface area contributed by atoms with E-state index in [0.29, 0.717) is 47.4 Å². The highest BCUT2D eigenvalue weighted by Gasteiger charge is 2.33.